The molecule has 3 rings (SSSR count). The summed E-state index contributed by atoms with van der Waals surface area (Å²) in [4.78, 5) is 8.21. The van der Waals surface area contributed by atoms with Crippen LogP contribution < -0.4 is 10.6 Å². The number of benzene rings is 1. The van der Waals surface area contributed by atoms with E-state index < -0.39 is 17.5 Å². The van der Waals surface area contributed by atoms with Crippen LogP contribution in [0.15, 0.2) is 18.3 Å². The molecule has 0 aliphatic heterocycles. The average molecular weight is 294 g/mol. The standard InChI is InChI=1S/C12H9F3N6/c1-16-12-19-10(5-4-17-21-11(5)20-12)18-7-3-2-6(13)8(14)9(7)15/h2-4H,1H3,(H3,16,17,18,19,20,21). The summed E-state index contributed by atoms with van der Waals surface area (Å²) in [6.07, 6.45) is 1.44. The van der Waals surface area contributed by atoms with Crippen molar-refractivity contribution in [2.24, 2.45) is 0 Å². The van der Waals surface area contributed by atoms with Crippen LogP contribution in [0.4, 0.5) is 30.6 Å². The number of hydrogen-bond donors (Lipinski definition) is 3. The van der Waals surface area contributed by atoms with Gasteiger partial charge in [0, 0.05) is 7.05 Å². The van der Waals surface area contributed by atoms with E-state index in [-0.39, 0.29) is 17.5 Å². The number of nitrogens with one attached hydrogen (secondary N) is 3. The zero-order valence-corrected chi connectivity index (χ0v) is 10.7. The Labute approximate surface area is 116 Å². The number of nitrogens with zero attached hydrogens (tertiary/aromatic N) is 3. The normalized spacial score (nSPS) is 10.9. The third-order valence-corrected chi connectivity index (χ3v) is 2.82. The number of fused-ring (bicyclic) bond motifs is 1. The molecule has 0 radical (unpaired) electrons. The largest absolute Gasteiger partial charge is 0.357 e. The molecular formula is C12H9F3N6. The van der Waals surface area contributed by atoms with E-state index in [1.54, 1.807) is 7.05 Å². The highest BCUT2D eigenvalue weighted by molar-refractivity contribution is 5.89. The maximum absolute atomic E-state index is 13.7. The van der Waals surface area contributed by atoms with Crippen LogP contribution in [0.1, 0.15) is 0 Å². The Hall–Kier alpha value is -2.84. The highest BCUT2D eigenvalue weighted by atomic mass is 19.2. The van der Waals surface area contributed by atoms with Crippen LogP contribution >= 0.6 is 0 Å². The number of aromatic amines is 1. The van der Waals surface area contributed by atoms with Gasteiger partial charge in [0.25, 0.3) is 0 Å². The number of rotatable bonds is 3. The van der Waals surface area contributed by atoms with Crippen LogP contribution in [0, 0.1) is 17.5 Å². The molecule has 0 unspecified atom stereocenters. The second kappa shape index (κ2) is 4.93. The first-order valence-corrected chi connectivity index (χ1v) is 5.89. The highest BCUT2D eigenvalue weighted by Crippen LogP contribution is 2.27. The maximum atomic E-state index is 13.7. The van der Waals surface area contributed by atoms with Crippen molar-refractivity contribution in [3.05, 3.63) is 35.8 Å². The van der Waals surface area contributed by atoms with E-state index in [2.05, 4.69) is 30.8 Å². The van der Waals surface area contributed by atoms with Crippen molar-refractivity contribution < 1.29 is 13.2 Å². The zero-order chi connectivity index (χ0) is 15.0. The van der Waals surface area contributed by atoms with Crippen LogP contribution in [0.5, 0.6) is 0 Å². The van der Waals surface area contributed by atoms with Gasteiger partial charge in [-0.25, -0.2) is 13.2 Å². The lowest BCUT2D eigenvalue weighted by molar-refractivity contribution is 0.449. The molecule has 1 aromatic carbocycles. The molecule has 0 aliphatic rings. The SMILES string of the molecule is CNc1nc(Nc2ccc(F)c(F)c2F)c2cn[nH]c2n1. The minimum absolute atomic E-state index is 0.211. The van der Waals surface area contributed by atoms with Crippen LogP contribution in [0.25, 0.3) is 11.0 Å². The maximum Gasteiger partial charge on any atom is 0.226 e. The van der Waals surface area contributed by atoms with Crippen molar-refractivity contribution in [2.75, 3.05) is 17.7 Å². The molecule has 3 N–H and O–H groups in total. The molecule has 9 heteroatoms. The first-order chi connectivity index (χ1) is 10.1. The van der Waals surface area contributed by atoms with Gasteiger partial charge in [0.05, 0.1) is 17.3 Å². The molecule has 6 nitrogen and oxygen atoms in total. The minimum atomic E-state index is -1.55. The Kier molecular flexibility index (Phi) is 3.09. The molecule has 0 spiro atoms. The number of hydrogen-bond acceptors (Lipinski definition) is 5. The smallest absolute Gasteiger partial charge is 0.226 e. The summed E-state index contributed by atoms with van der Waals surface area (Å²) in [6, 6.07) is 1.91. The Morgan fingerprint density at radius 2 is 1.90 bits per heavy atom. The predicted molar refractivity (Wildman–Crippen MR) is 70.8 cm³/mol. The van der Waals surface area contributed by atoms with Crippen molar-refractivity contribution in [2.45, 2.75) is 0 Å². The Bertz CT molecular complexity index is 816. The summed E-state index contributed by atoms with van der Waals surface area (Å²) in [5, 5.41) is 12.3. The van der Waals surface area contributed by atoms with Gasteiger partial charge in [-0.3, -0.25) is 5.10 Å². The van der Waals surface area contributed by atoms with Crippen LogP contribution in [0.3, 0.4) is 0 Å². The van der Waals surface area contributed by atoms with E-state index >= 15 is 0 Å². The molecule has 0 fully saturated rings. The molecule has 3 aromatic rings. The predicted octanol–water partition coefficient (Wildman–Crippen LogP) is 2.56. The third-order valence-electron chi connectivity index (χ3n) is 2.82. The first kappa shape index (κ1) is 13.2. The topological polar surface area (TPSA) is 78.5 Å². The van der Waals surface area contributed by atoms with Gasteiger partial charge < -0.3 is 10.6 Å². The summed E-state index contributed by atoms with van der Waals surface area (Å²) in [6.45, 7) is 0. The molecule has 0 atom stereocenters. The lowest BCUT2D eigenvalue weighted by Gasteiger charge is -2.09. The number of halogens is 3. The fourth-order valence-corrected chi connectivity index (χ4v) is 1.79. The van der Waals surface area contributed by atoms with Gasteiger partial charge in [-0.15, -0.1) is 0 Å². The molecule has 108 valence electrons. The monoisotopic (exact) mass is 294 g/mol. The highest BCUT2D eigenvalue weighted by Gasteiger charge is 2.16. The van der Waals surface area contributed by atoms with Gasteiger partial charge in [-0.1, -0.05) is 0 Å². The van der Waals surface area contributed by atoms with Crippen LogP contribution in [0.2, 0.25) is 0 Å². The van der Waals surface area contributed by atoms with E-state index in [4.69, 9.17) is 0 Å². The van der Waals surface area contributed by atoms with Gasteiger partial charge in [-0.2, -0.15) is 15.1 Å². The third kappa shape index (κ3) is 2.22. The molecular weight excluding hydrogens is 285 g/mol. The fraction of sp³-hybridized carbons (Fsp3) is 0.0833. The van der Waals surface area contributed by atoms with Crippen molar-refractivity contribution in [1.82, 2.24) is 20.2 Å². The van der Waals surface area contributed by atoms with Crippen molar-refractivity contribution in [1.29, 1.82) is 0 Å². The van der Waals surface area contributed by atoms with E-state index in [1.165, 1.54) is 6.20 Å². The van der Waals surface area contributed by atoms with Crippen molar-refractivity contribution in [3.63, 3.8) is 0 Å². The molecule has 0 bridgehead atoms. The minimum Gasteiger partial charge on any atom is -0.357 e. The lowest BCUT2D eigenvalue weighted by Crippen LogP contribution is -2.04. The van der Waals surface area contributed by atoms with Gasteiger partial charge in [0.1, 0.15) is 5.82 Å². The van der Waals surface area contributed by atoms with Gasteiger partial charge in [0.15, 0.2) is 23.1 Å². The molecule has 2 aromatic heterocycles. The summed E-state index contributed by atoms with van der Waals surface area (Å²) in [5.74, 6) is -3.66. The molecule has 0 aliphatic carbocycles. The van der Waals surface area contributed by atoms with E-state index in [9.17, 15) is 13.2 Å². The number of H-pyrrole nitrogens is 1. The average Bonchev–Trinajstić information content (AvgIpc) is 2.96. The number of aromatic nitrogens is 4. The molecule has 21 heavy (non-hydrogen) atoms. The molecule has 0 saturated carbocycles. The van der Waals surface area contributed by atoms with Crippen LogP contribution in [-0.2, 0) is 0 Å². The van der Waals surface area contributed by atoms with Gasteiger partial charge >= 0.3 is 0 Å². The molecule has 0 amide bonds. The summed E-state index contributed by atoms with van der Waals surface area (Å²) >= 11 is 0. The second-order valence-corrected chi connectivity index (χ2v) is 4.13. The van der Waals surface area contributed by atoms with Crippen molar-refractivity contribution >= 4 is 28.5 Å². The van der Waals surface area contributed by atoms with Gasteiger partial charge in [0.2, 0.25) is 5.95 Å². The van der Waals surface area contributed by atoms with E-state index in [1.807, 2.05) is 0 Å². The van der Waals surface area contributed by atoms with Gasteiger partial charge in [-0.05, 0) is 12.1 Å². The second-order valence-electron chi connectivity index (χ2n) is 4.13. The fourth-order valence-electron chi connectivity index (χ4n) is 1.79. The molecule has 0 saturated heterocycles. The summed E-state index contributed by atoms with van der Waals surface area (Å²) < 4.78 is 39.9. The Morgan fingerprint density at radius 1 is 1.10 bits per heavy atom. The zero-order valence-electron chi connectivity index (χ0n) is 10.7. The first-order valence-electron chi connectivity index (χ1n) is 5.89. The molecule has 2 heterocycles. The quantitative estimate of drug-likeness (QED) is 0.647. The number of anilines is 3. The summed E-state index contributed by atoms with van der Waals surface area (Å²) in [7, 11) is 1.61. The van der Waals surface area contributed by atoms with Crippen molar-refractivity contribution in [3.8, 4) is 0 Å². The van der Waals surface area contributed by atoms with Crippen LogP contribution in [-0.4, -0.2) is 27.2 Å². The Balaban J connectivity index is 2.09. The lowest BCUT2D eigenvalue weighted by atomic mass is 10.2. The van der Waals surface area contributed by atoms with E-state index in [0.717, 1.165) is 12.1 Å². The summed E-state index contributed by atoms with van der Waals surface area (Å²) in [5.41, 5.74) is 0.178. The van der Waals surface area contributed by atoms with E-state index in [0.29, 0.717) is 11.0 Å². The Morgan fingerprint density at radius 3 is 2.67 bits per heavy atom.